The average Bonchev–Trinajstić information content (AvgIpc) is 3.15. The van der Waals surface area contributed by atoms with Crippen molar-refractivity contribution in [2.24, 2.45) is 0 Å². The molecule has 0 radical (unpaired) electrons. The number of nitrogens with one attached hydrogen (secondary N) is 3. The van der Waals surface area contributed by atoms with Crippen molar-refractivity contribution in [2.75, 3.05) is 12.4 Å². The second-order valence-electron chi connectivity index (χ2n) is 6.52. The van der Waals surface area contributed by atoms with Crippen molar-refractivity contribution < 1.29 is 27.4 Å². The van der Waals surface area contributed by atoms with Crippen molar-refractivity contribution in [2.45, 2.75) is 6.36 Å². The zero-order valence-electron chi connectivity index (χ0n) is 16.5. The number of aromatic amines is 1. The van der Waals surface area contributed by atoms with Gasteiger partial charge in [-0.05, 0) is 42.5 Å². The molecule has 0 atom stereocenters. The summed E-state index contributed by atoms with van der Waals surface area (Å²) in [5.41, 5.74) is 2.07. The number of nitrogens with zero attached hydrogens (tertiary/aromatic N) is 2. The highest BCUT2D eigenvalue weighted by atomic mass is 19.4. The van der Waals surface area contributed by atoms with Gasteiger partial charge in [-0.25, -0.2) is 4.98 Å². The highest BCUT2D eigenvalue weighted by Gasteiger charge is 2.30. The lowest BCUT2D eigenvalue weighted by molar-refractivity contribution is -0.274. The number of carbonyl (C=O) groups excluding carboxylic acids is 1. The molecule has 0 aliphatic carbocycles. The van der Waals surface area contributed by atoms with Gasteiger partial charge in [0.1, 0.15) is 22.9 Å². The molecule has 2 aromatic heterocycles. The number of fused-ring (bicyclic) bond motifs is 1. The van der Waals surface area contributed by atoms with E-state index in [1.807, 2.05) is 0 Å². The van der Waals surface area contributed by atoms with Crippen LogP contribution in [0.4, 0.5) is 24.8 Å². The Morgan fingerprint density at radius 3 is 2.44 bits per heavy atom. The molecule has 2 aromatic carbocycles. The number of aromatic nitrogens is 3. The normalized spacial score (nSPS) is 11.2. The van der Waals surface area contributed by atoms with Gasteiger partial charge in [-0.1, -0.05) is 0 Å². The van der Waals surface area contributed by atoms with Gasteiger partial charge in [-0.3, -0.25) is 9.78 Å². The minimum Gasteiger partial charge on any atom is -0.457 e. The molecule has 0 unspecified atom stereocenters. The number of carbonyl (C=O) groups is 1. The first kappa shape index (κ1) is 21.0. The van der Waals surface area contributed by atoms with Crippen LogP contribution in [0, 0.1) is 0 Å². The first-order valence-electron chi connectivity index (χ1n) is 9.28. The van der Waals surface area contributed by atoms with Crippen molar-refractivity contribution >= 4 is 28.6 Å². The van der Waals surface area contributed by atoms with E-state index in [0.717, 1.165) is 0 Å². The lowest BCUT2D eigenvalue weighted by Crippen LogP contribution is -2.18. The first-order chi connectivity index (χ1) is 15.3. The minimum atomic E-state index is -4.74. The van der Waals surface area contributed by atoms with Crippen LogP contribution in [0.3, 0.4) is 0 Å². The molecule has 0 fully saturated rings. The van der Waals surface area contributed by atoms with Crippen molar-refractivity contribution in [1.29, 1.82) is 0 Å². The predicted octanol–water partition coefficient (Wildman–Crippen LogP) is 4.75. The van der Waals surface area contributed by atoms with Crippen LogP contribution >= 0.6 is 0 Å². The number of H-pyrrole nitrogens is 1. The van der Waals surface area contributed by atoms with Gasteiger partial charge in [-0.15, -0.1) is 13.2 Å². The zero-order valence-corrected chi connectivity index (χ0v) is 16.5. The van der Waals surface area contributed by atoms with E-state index in [2.05, 4.69) is 30.3 Å². The number of benzene rings is 2. The van der Waals surface area contributed by atoms with Gasteiger partial charge in [0.15, 0.2) is 0 Å². The van der Waals surface area contributed by atoms with Crippen molar-refractivity contribution in [3.8, 4) is 17.2 Å². The monoisotopic (exact) mass is 443 g/mol. The van der Waals surface area contributed by atoms with Crippen LogP contribution in [-0.4, -0.2) is 34.3 Å². The highest BCUT2D eigenvalue weighted by Crippen LogP contribution is 2.28. The number of halogens is 3. The van der Waals surface area contributed by atoms with Crippen molar-refractivity contribution in [3.63, 3.8) is 0 Å². The zero-order chi connectivity index (χ0) is 22.7. The Bertz CT molecular complexity index is 1260. The lowest BCUT2D eigenvalue weighted by Gasteiger charge is -2.09. The Morgan fingerprint density at radius 1 is 1.00 bits per heavy atom. The molecule has 11 heteroatoms. The van der Waals surface area contributed by atoms with Crippen LogP contribution in [0.25, 0.3) is 11.0 Å². The molecule has 164 valence electrons. The van der Waals surface area contributed by atoms with Gasteiger partial charge in [-0.2, -0.15) is 0 Å². The Labute approximate surface area is 179 Å². The number of alkyl halides is 3. The van der Waals surface area contributed by atoms with Crippen LogP contribution in [0.15, 0.2) is 60.8 Å². The quantitative estimate of drug-likeness (QED) is 0.398. The number of ether oxygens (including phenoxy) is 2. The molecular formula is C21H16F3N5O3. The Morgan fingerprint density at radius 2 is 1.72 bits per heavy atom. The molecule has 8 nitrogen and oxygen atoms in total. The summed E-state index contributed by atoms with van der Waals surface area (Å²) in [6, 6.07) is 13.6. The third-order valence-electron chi connectivity index (χ3n) is 4.23. The standard InChI is InChI=1S/C21H16F3N5O3/c1-25-19(30)18-11-15(8-9-26-18)31-14-6-7-16-17(10-14)29-20(28-16)27-12-2-4-13(5-3-12)32-21(22,23)24/h2-11H,1H3,(H,25,30)(H2,27,28,29). The van der Waals surface area contributed by atoms with Crippen LogP contribution in [-0.2, 0) is 0 Å². The van der Waals surface area contributed by atoms with E-state index in [1.165, 1.54) is 43.6 Å². The molecular weight excluding hydrogens is 427 g/mol. The van der Waals surface area contributed by atoms with E-state index in [0.29, 0.717) is 34.2 Å². The summed E-state index contributed by atoms with van der Waals surface area (Å²) in [6.45, 7) is 0. The smallest absolute Gasteiger partial charge is 0.457 e. The summed E-state index contributed by atoms with van der Waals surface area (Å²) >= 11 is 0. The molecule has 1 amide bonds. The Hall–Kier alpha value is -4.28. The summed E-state index contributed by atoms with van der Waals surface area (Å²) in [7, 11) is 1.51. The number of anilines is 2. The van der Waals surface area contributed by atoms with Crippen molar-refractivity contribution in [3.05, 3.63) is 66.5 Å². The third kappa shape index (κ3) is 5.06. The van der Waals surface area contributed by atoms with E-state index in [1.54, 1.807) is 24.3 Å². The first-order valence-corrected chi connectivity index (χ1v) is 9.28. The molecule has 3 N–H and O–H groups in total. The number of amides is 1. The van der Waals surface area contributed by atoms with E-state index in [-0.39, 0.29) is 17.4 Å². The summed E-state index contributed by atoms with van der Waals surface area (Å²) < 4.78 is 46.5. The van der Waals surface area contributed by atoms with E-state index >= 15 is 0 Å². The van der Waals surface area contributed by atoms with E-state index in [4.69, 9.17) is 4.74 Å². The fraction of sp³-hybridized carbons (Fsp3) is 0.0952. The Kier molecular flexibility index (Phi) is 5.54. The summed E-state index contributed by atoms with van der Waals surface area (Å²) in [6.07, 6.45) is -3.27. The molecule has 0 bridgehead atoms. The molecule has 0 saturated heterocycles. The lowest BCUT2D eigenvalue weighted by atomic mass is 10.3. The van der Waals surface area contributed by atoms with Gasteiger partial charge >= 0.3 is 6.36 Å². The van der Waals surface area contributed by atoms with Crippen molar-refractivity contribution in [1.82, 2.24) is 20.3 Å². The topological polar surface area (TPSA) is 101 Å². The second-order valence-corrected chi connectivity index (χ2v) is 6.52. The van der Waals surface area contributed by atoms with Crippen LogP contribution in [0.1, 0.15) is 10.5 Å². The molecule has 0 aliphatic rings. The molecule has 32 heavy (non-hydrogen) atoms. The maximum atomic E-state index is 12.3. The summed E-state index contributed by atoms with van der Waals surface area (Å²) in [5, 5.41) is 5.48. The Balaban J connectivity index is 1.48. The van der Waals surface area contributed by atoms with Crippen LogP contribution in [0.2, 0.25) is 0 Å². The van der Waals surface area contributed by atoms with Crippen LogP contribution in [0.5, 0.6) is 17.2 Å². The SMILES string of the molecule is CNC(=O)c1cc(Oc2ccc3nc(Nc4ccc(OC(F)(F)F)cc4)[nH]c3c2)ccn1. The van der Waals surface area contributed by atoms with Gasteiger partial charge in [0.05, 0.1) is 11.0 Å². The number of hydrogen-bond donors (Lipinski definition) is 3. The number of rotatable bonds is 6. The largest absolute Gasteiger partial charge is 0.573 e. The fourth-order valence-electron chi connectivity index (χ4n) is 2.85. The molecule has 0 spiro atoms. The summed E-state index contributed by atoms with van der Waals surface area (Å²) in [5.74, 6) is 0.707. The highest BCUT2D eigenvalue weighted by molar-refractivity contribution is 5.92. The molecule has 0 aliphatic heterocycles. The fourth-order valence-corrected chi connectivity index (χ4v) is 2.85. The maximum absolute atomic E-state index is 12.3. The molecule has 4 aromatic rings. The second kappa shape index (κ2) is 8.46. The molecule has 4 rings (SSSR count). The van der Waals surface area contributed by atoms with Crippen LogP contribution < -0.4 is 20.1 Å². The third-order valence-corrected chi connectivity index (χ3v) is 4.23. The maximum Gasteiger partial charge on any atom is 0.573 e. The van der Waals surface area contributed by atoms with Gasteiger partial charge < -0.3 is 25.1 Å². The minimum absolute atomic E-state index is 0.228. The van der Waals surface area contributed by atoms with Gasteiger partial charge in [0, 0.05) is 31.1 Å². The van der Waals surface area contributed by atoms with Gasteiger partial charge in [0.25, 0.3) is 5.91 Å². The van der Waals surface area contributed by atoms with E-state index < -0.39 is 6.36 Å². The predicted molar refractivity (Wildman–Crippen MR) is 110 cm³/mol. The number of hydrogen-bond acceptors (Lipinski definition) is 6. The average molecular weight is 443 g/mol. The van der Waals surface area contributed by atoms with E-state index in [9.17, 15) is 18.0 Å². The van der Waals surface area contributed by atoms with Gasteiger partial charge in [0.2, 0.25) is 5.95 Å². The number of pyridine rings is 1. The molecule has 2 heterocycles. The number of imidazole rings is 1. The summed E-state index contributed by atoms with van der Waals surface area (Å²) in [4.78, 5) is 23.2. The molecule has 0 saturated carbocycles.